The van der Waals surface area contributed by atoms with Gasteiger partial charge in [0.05, 0.1) is 0 Å². The van der Waals surface area contributed by atoms with E-state index in [1.54, 1.807) is 17.0 Å². The first-order valence-electron chi connectivity index (χ1n) is 7.41. The lowest BCUT2D eigenvalue weighted by atomic mass is 9.96. The molecule has 1 fully saturated rings. The van der Waals surface area contributed by atoms with Crippen molar-refractivity contribution in [1.82, 2.24) is 4.90 Å². The summed E-state index contributed by atoms with van der Waals surface area (Å²) in [6.45, 7) is 0.640. The van der Waals surface area contributed by atoms with Crippen molar-refractivity contribution in [3.8, 4) is 0 Å². The Bertz CT molecular complexity index is 568. The standard InChI is InChI=1S/C16H20N2O4/c17-15(21)11-4-6-12(7-5-11)16(22)18-10-2-1-3-13(18)8-9-14(19)20/h4-7,13H,1-3,8-10H2,(H2,17,21)(H,19,20)/t13-/m0/s1. The highest BCUT2D eigenvalue weighted by Gasteiger charge is 2.27. The van der Waals surface area contributed by atoms with Gasteiger partial charge in [0.25, 0.3) is 5.91 Å². The lowest BCUT2D eigenvalue weighted by Crippen LogP contribution is -2.44. The van der Waals surface area contributed by atoms with Crippen molar-refractivity contribution in [2.45, 2.75) is 38.1 Å². The molecule has 1 aromatic rings. The Morgan fingerprint density at radius 2 is 1.77 bits per heavy atom. The van der Waals surface area contributed by atoms with Crippen LogP contribution in [0.4, 0.5) is 0 Å². The lowest BCUT2D eigenvalue weighted by molar-refractivity contribution is -0.137. The summed E-state index contributed by atoms with van der Waals surface area (Å²) in [4.78, 5) is 36.2. The number of carbonyl (C=O) groups is 3. The van der Waals surface area contributed by atoms with E-state index in [0.717, 1.165) is 19.3 Å². The number of rotatable bonds is 5. The molecule has 118 valence electrons. The largest absolute Gasteiger partial charge is 0.481 e. The number of amides is 2. The normalized spacial score (nSPS) is 18.0. The summed E-state index contributed by atoms with van der Waals surface area (Å²) >= 11 is 0. The predicted octanol–water partition coefficient (Wildman–Crippen LogP) is 1.64. The molecular weight excluding hydrogens is 284 g/mol. The Labute approximate surface area is 128 Å². The van der Waals surface area contributed by atoms with E-state index in [9.17, 15) is 14.4 Å². The van der Waals surface area contributed by atoms with Crippen LogP contribution >= 0.6 is 0 Å². The fourth-order valence-electron chi connectivity index (χ4n) is 2.80. The second-order valence-corrected chi connectivity index (χ2v) is 5.52. The summed E-state index contributed by atoms with van der Waals surface area (Å²) in [5, 5.41) is 8.82. The number of primary amides is 1. The van der Waals surface area contributed by atoms with Crippen molar-refractivity contribution in [3.05, 3.63) is 35.4 Å². The van der Waals surface area contributed by atoms with E-state index < -0.39 is 11.9 Å². The van der Waals surface area contributed by atoms with Crippen LogP contribution in [0.2, 0.25) is 0 Å². The minimum atomic E-state index is -0.844. The molecular formula is C16H20N2O4. The molecule has 0 spiro atoms. The van der Waals surface area contributed by atoms with Crippen LogP contribution in [0.1, 0.15) is 52.8 Å². The molecule has 1 saturated heterocycles. The first kappa shape index (κ1) is 16.0. The van der Waals surface area contributed by atoms with E-state index in [1.165, 1.54) is 12.1 Å². The van der Waals surface area contributed by atoms with Gasteiger partial charge < -0.3 is 15.7 Å². The second-order valence-electron chi connectivity index (χ2n) is 5.52. The highest BCUT2D eigenvalue weighted by molar-refractivity contribution is 5.97. The van der Waals surface area contributed by atoms with Crippen molar-refractivity contribution in [1.29, 1.82) is 0 Å². The monoisotopic (exact) mass is 304 g/mol. The van der Waals surface area contributed by atoms with E-state index in [1.807, 2.05) is 0 Å². The van der Waals surface area contributed by atoms with Gasteiger partial charge in [0.15, 0.2) is 0 Å². The third kappa shape index (κ3) is 3.84. The number of carboxylic acid groups (broad SMARTS) is 1. The molecule has 0 aliphatic carbocycles. The van der Waals surface area contributed by atoms with Gasteiger partial charge in [-0.1, -0.05) is 0 Å². The molecule has 0 saturated carbocycles. The molecule has 0 aromatic heterocycles. The van der Waals surface area contributed by atoms with Crippen LogP contribution in [0.15, 0.2) is 24.3 Å². The van der Waals surface area contributed by atoms with Gasteiger partial charge in [0.1, 0.15) is 0 Å². The van der Waals surface area contributed by atoms with Gasteiger partial charge in [0, 0.05) is 30.1 Å². The average Bonchev–Trinajstić information content (AvgIpc) is 2.52. The van der Waals surface area contributed by atoms with Crippen molar-refractivity contribution in [2.24, 2.45) is 5.73 Å². The SMILES string of the molecule is NC(=O)c1ccc(C(=O)N2CCCC[C@H]2CCC(=O)O)cc1. The van der Waals surface area contributed by atoms with Crippen molar-refractivity contribution >= 4 is 17.8 Å². The molecule has 1 aliphatic heterocycles. The smallest absolute Gasteiger partial charge is 0.303 e. The van der Waals surface area contributed by atoms with E-state index in [0.29, 0.717) is 24.1 Å². The third-order valence-electron chi connectivity index (χ3n) is 4.00. The van der Waals surface area contributed by atoms with Crippen LogP contribution < -0.4 is 5.73 Å². The molecule has 1 atom stereocenters. The number of carboxylic acids is 1. The number of hydrogen-bond acceptors (Lipinski definition) is 3. The molecule has 1 aromatic carbocycles. The Morgan fingerprint density at radius 1 is 1.14 bits per heavy atom. The molecule has 22 heavy (non-hydrogen) atoms. The zero-order chi connectivity index (χ0) is 16.1. The number of likely N-dealkylation sites (tertiary alicyclic amines) is 1. The maximum atomic E-state index is 12.6. The van der Waals surface area contributed by atoms with Crippen molar-refractivity contribution in [2.75, 3.05) is 6.54 Å². The van der Waals surface area contributed by atoms with Gasteiger partial charge in [-0.05, 0) is 49.9 Å². The zero-order valence-electron chi connectivity index (χ0n) is 12.3. The molecule has 0 radical (unpaired) electrons. The quantitative estimate of drug-likeness (QED) is 0.863. The molecule has 2 rings (SSSR count). The summed E-state index contributed by atoms with van der Waals surface area (Å²) in [5.41, 5.74) is 6.03. The molecule has 3 N–H and O–H groups in total. The summed E-state index contributed by atoms with van der Waals surface area (Å²) in [7, 11) is 0. The fraction of sp³-hybridized carbons (Fsp3) is 0.438. The first-order valence-corrected chi connectivity index (χ1v) is 7.41. The minimum Gasteiger partial charge on any atom is -0.481 e. The van der Waals surface area contributed by atoms with Gasteiger partial charge in [-0.2, -0.15) is 0 Å². The van der Waals surface area contributed by atoms with Crippen LogP contribution in [0, 0.1) is 0 Å². The van der Waals surface area contributed by atoms with E-state index in [4.69, 9.17) is 10.8 Å². The van der Waals surface area contributed by atoms with E-state index >= 15 is 0 Å². The summed E-state index contributed by atoms with van der Waals surface area (Å²) in [5.74, 6) is -1.49. The highest BCUT2D eigenvalue weighted by Crippen LogP contribution is 2.23. The summed E-state index contributed by atoms with van der Waals surface area (Å²) < 4.78 is 0. The van der Waals surface area contributed by atoms with Gasteiger partial charge in [-0.15, -0.1) is 0 Å². The van der Waals surface area contributed by atoms with Crippen LogP contribution in [0.5, 0.6) is 0 Å². The number of hydrogen-bond donors (Lipinski definition) is 2. The molecule has 1 aliphatic rings. The van der Waals surface area contributed by atoms with Crippen LogP contribution in [0.25, 0.3) is 0 Å². The Balaban J connectivity index is 2.10. The number of carbonyl (C=O) groups excluding carboxylic acids is 2. The maximum Gasteiger partial charge on any atom is 0.303 e. The number of piperidine rings is 1. The molecule has 1 heterocycles. The fourth-order valence-corrected chi connectivity index (χ4v) is 2.80. The van der Waals surface area contributed by atoms with Gasteiger partial charge in [-0.25, -0.2) is 0 Å². The number of aliphatic carboxylic acids is 1. The van der Waals surface area contributed by atoms with Gasteiger partial charge in [0.2, 0.25) is 5.91 Å². The number of nitrogens with zero attached hydrogens (tertiary/aromatic N) is 1. The second kappa shape index (κ2) is 7.06. The highest BCUT2D eigenvalue weighted by atomic mass is 16.4. The Morgan fingerprint density at radius 3 is 2.36 bits per heavy atom. The van der Waals surface area contributed by atoms with Crippen LogP contribution in [-0.2, 0) is 4.79 Å². The van der Waals surface area contributed by atoms with Gasteiger partial charge in [-0.3, -0.25) is 14.4 Å². The van der Waals surface area contributed by atoms with Crippen LogP contribution in [-0.4, -0.2) is 40.4 Å². The van der Waals surface area contributed by atoms with E-state index in [2.05, 4.69) is 0 Å². The Hall–Kier alpha value is -2.37. The van der Waals surface area contributed by atoms with E-state index in [-0.39, 0.29) is 18.4 Å². The predicted molar refractivity (Wildman–Crippen MR) is 80.5 cm³/mol. The zero-order valence-corrected chi connectivity index (χ0v) is 12.3. The molecule has 0 bridgehead atoms. The molecule has 0 unspecified atom stereocenters. The van der Waals surface area contributed by atoms with Crippen molar-refractivity contribution in [3.63, 3.8) is 0 Å². The Kier molecular flexibility index (Phi) is 5.14. The van der Waals surface area contributed by atoms with Crippen molar-refractivity contribution < 1.29 is 19.5 Å². The summed E-state index contributed by atoms with van der Waals surface area (Å²) in [6.07, 6.45) is 3.30. The minimum absolute atomic E-state index is 0.0341. The lowest BCUT2D eigenvalue weighted by Gasteiger charge is -2.35. The molecule has 6 heteroatoms. The third-order valence-corrected chi connectivity index (χ3v) is 4.00. The summed E-state index contributed by atoms with van der Waals surface area (Å²) in [6, 6.07) is 6.21. The molecule has 2 amide bonds. The molecule has 6 nitrogen and oxygen atoms in total. The average molecular weight is 304 g/mol. The maximum absolute atomic E-state index is 12.6. The van der Waals surface area contributed by atoms with Gasteiger partial charge >= 0.3 is 5.97 Å². The number of benzene rings is 1. The topological polar surface area (TPSA) is 101 Å². The number of nitrogens with two attached hydrogens (primary N) is 1. The van der Waals surface area contributed by atoms with Crippen LogP contribution in [0.3, 0.4) is 0 Å². The first-order chi connectivity index (χ1) is 10.5.